The molecule has 0 saturated heterocycles. The molecule has 4 aromatic rings. The summed E-state index contributed by atoms with van der Waals surface area (Å²) in [4.78, 5) is 35.4. The summed E-state index contributed by atoms with van der Waals surface area (Å²) in [5.74, 6) is -0.429. The molecule has 40 heavy (non-hydrogen) atoms. The number of amides is 1. The van der Waals surface area contributed by atoms with Crippen molar-refractivity contribution in [2.75, 3.05) is 4.90 Å². The average Bonchev–Trinajstić information content (AvgIpc) is 3.49. The van der Waals surface area contributed by atoms with Gasteiger partial charge >= 0.3 is 6.29 Å². The predicted molar refractivity (Wildman–Crippen MR) is 137 cm³/mol. The normalized spacial score (nSPS) is 15.3. The number of fused-ring (bicyclic) bond motifs is 2. The third-order valence-corrected chi connectivity index (χ3v) is 6.40. The third kappa shape index (κ3) is 4.57. The van der Waals surface area contributed by atoms with Crippen molar-refractivity contribution < 1.29 is 27.8 Å². The summed E-state index contributed by atoms with van der Waals surface area (Å²) in [5.41, 5.74) is 1.41. The molecular formula is C27H22F2N6O5. The highest BCUT2D eigenvalue weighted by Gasteiger charge is 2.44. The first-order valence-electron chi connectivity index (χ1n) is 12.5. The monoisotopic (exact) mass is 548 g/mol. The lowest BCUT2D eigenvalue weighted by molar-refractivity contribution is -0.286. The maximum absolute atomic E-state index is 13.6. The number of H-pyrrole nitrogens is 1. The van der Waals surface area contributed by atoms with Gasteiger partial charge in [-0.2, -0.15) is 10.4 Å². The number of alkyl halides is 2. The zero-order chi connectivity index (χ0) is 28.2. The smallest absolute Gasteiger partial charge is 0.490 e. The lowest BCUT2D eigenvalue weighted by atomic mass is 10.1. The molecule has 6 rings (SSSR count). The highest BCUT2D eigenvalue weighted by atomic mass is 19.3. The highest BCUT2D eigenvalue weighted by Crippen LogP contribution is 2.44. The quantitative estimate of drug-likeness (QED) is 0.367. The van der Waals surface area contributed by atoms with Gasteiger partial charge in [0.1, 0.15) is 24.1 Å². The summed E-state index contributed by atoms with van der Waals surface area (Å²) < 4.78 is 42.9. The highest BCUT2D eigenvalue weighted by molar-refractivity contribution is 5.95. The van der Waals surface area contributed by atoms with Crippen molar-refractivity contribution in [3.05, 3.63) is 58.6 Å². The molecule has 1 N–H and O–H groups in total. The Bertz CT molecular complexity index is 1750. The van der Waals surface area contributed by atoms with Gasteiger partial charge in [0.15, 0.2) is 17.0 Å². The first-order chi connectivity index (χ1) is 19.1. The molecule has 11 nitrogen and oxygen atoms in total. The van der Waals surface area contributed by atoms with Crippen molar-refractivity contribution in [2.45, 2.75) is 51.7 Å². The molecule has 3 heterocycles. The van der Waals surface area contributed by atoms with E-state index in [0.29, 0.717) is 46.6 Å². The Morgan fingerprint density at radius 1 is 1.25 bits per heavy atom. The van der Waals surface area contributed by atoms with Crippen molar-refractivity contribution in [3.8, 4) is 34.6 Å². The number of nitrogens with one attached hydrogen (secondary N) is 1. The van der Waals surface area contributed by atoms with Crippen molar-refractivity contribution in [1.82, 2.24) is 19.7 Å². The number of aromatic nitrogens is 4. The Kier molecular flexibility index (Phi) is 5.90. The van der Waals surface area contributed by atoms with E-state index in [1.165, 1.54) is 29.4 Å². The molecule has 1 amide bonds. The second kappa shape index (κ2) is 9.33. The Balaban J connectivity index is 1.37. The van der Waals surface area contributed by atoms with Crippen molar-refractivity contribution in [1.29, 1.82) is 5.26 Å². The minimum atomic E-state index is -3.78. The number of halogens is 2. The number of aromatic amines is 1. The Morgan fingerprint density at radius 2 is 2.02 bits per heavy atom. The van der Waals surface area contributed by atoms with E-state index in [9.17, 15) is 23.6 Å². The molecule has 0 bridgehead atoms. The Morgan fingerprint density at radius 3 is 2.75 bits per heavy atom. The van der Waals surface area contributed by atoms with Crippen LogP contribution in [0.5, 0.6) is 17.2 Å². The molecule has 2 aromatic carbocycles. The molecule has 0 atom stereocenters. The van der Waals surface area contributed by atoms with E-state index in [0.717, 1.165) is 4.68 Å². The van der Waals surface area contributed by atoms with Crippen LogP contribution in [-0.4, -0.2) is 44.1 Å². The lowest BCUT2D eigenvalue weighted by Gasteiger charge is -2.23. The van der Waals surface area contributed by atoms with Crippen LogP contribution in [-0.2, 0) is 11.3 Å². The number of carbonyl (C=O) groups excluding carboxylic acids is 1. The summed E-state index contributed by atoms with van der Waals surface area (Å²) in [6.07, 6.45) is -1.19. The molecular weight excluding hydrogens is 526 g/mol. The molecule has 1 aliphatic carbocycles. The maximum Gasteiger partial charge on any atom is 0.586 e. The van der Waals surface area contributed by atoms with Crippen LogP contribution >= 0.6 is 0 Å². The predicted octanol–water partition coefficient (Wildman–Crippen LogP) is 3.96. The van der Waals surface area contributed by atoms with Crippen LogP contribution in [0.25, 0.3) is 22.3 Å². The van der Waals surface area contributed by atoms with Gasteiger partial charge in [0.05, 0.1) is 23.5 Å². The summed E-state index contributed by atoms with van der Waals surface area (Å²) in [7, 11) is 0. The van der Waals surface area contributed by atoms with Gasteiger partial charge in [-0.1, -0.05) is 6.07 Å². The molecule has 0 unspecified atom stereocenters. The van der Waals surface area contributed by atoms with E-state index in [-0.39, 0.29) is 29.2 Å². The van der Waals surface area contributed by atoms with Gasteiger partial charge in [-0.15, -0.1) is 8.78 Å². The Hall–Kier alpha value is -4.99. The first-order valence-corrected chi connectivity index (χ1v) is 12.5. The number of benzene rings is 2. The number of ether oxygens (including phenoxy) is 3. The molecule has 204 valence electrons. The fraction of sp³-hybridized carbons (Fsp3) is 0.296. The standard InChI is InChI=1S/C27H22F2N6O5/c1-14(2)38-20-9-15(3-4-16(20)11-30)23-24-25(32-13-31-24)26(37)34(33-23)12-22(36)35(17-5-6-17)18-7-8-19-21(10-18)40-27(28,29)39-19/h3-4,7-10,13-14,17H,5-6,12H2,1-2H3,(H,31,32). The number of anilines is 1. The van der Waals surface area contributed by atoms with Crippen LogP contribution in [0.4, 0.5) is 14.5 Å². The third-order valence-electron chi connectivity index (χ3n) is 6.40. The number of imidazole rings is 1. The molecule has 0 spiro atoms. The number of hydrogen-bond acceptors (Lipinski definition) is 8. The van der Waals surface area contributed by atoms with Gasteiger partial charge in [-0.05, 0) is 51.0 Å². The molecule has 2 aromatic heterocycles. The van der Waals surface area contributed by atoms with Crippen LogP contribution in [0.2, 0.25) is 0 Å². The molecule has 13 heteroatoms. The van der Waals surface area contributed by atoms with E-state index >= 15 is 0 Å². The molecule has 2 aliphatic rings. The summed E-state index contributed by atoms with van der Waals surface area (Å²) in [6.45, 7) is 3.24. The largest absolute Gasteiger partial charge is 0.586 e. The number of nitrogens with zero attached hydrogens (tertiary/aromatic N) is 5. The molecule has 1 aliphatic heterocycles. The van der Waals surface area contributed by atoms with E-state index in [2.05, 4.69) is 30.6 Å². The van der Waals surface area contributed by atoms with Crippen molar-refractivity contribution in [2.24, 2.45) is 0 Å². The minimum Gasteiger partial charge on any atom is -0.490 e. The van der Waals surface area contributed by atoms with Gasteiger partial charge in [0, 0.05) is 23.4 Å². The second-order valence-electron chi connectivity index (χ2n) is 9.72. The van der Waals surface area contributed by atoms with E-state index in [1.54, 1.807) is 18.2 Å². The summed E-state index contributed by atoms with van der Waals surface area (Å²) >= 11 is 0. The van der Waals surface area contributed by atoms with Crippen molar-refractivity contribution in [3.63, 3.8) is 0 Å². The zero-order valence-corrected chi connectivity index (χ0v) is 21.4. The van der Waals surface area contributed by atoms with E-state index in [4.69, 9.17) is 4.74 Å². The average molecular weight is 549 g/mol. The van der Waals surface area contributed by atoms with Gasteiger partial charge in [-0.3, -0.25) is 9.59 Å². The lowest BCUT2D eigenvalue weighted by Crippen LogP contribution is -2.39. The van der Waals surface area contributed by atoms with Crippen LogP contribution in [0.15, 0.2) is 47.5 Å². The van der Waals surface area contributed by atoms with Gasteiger partial charge in [0.25, 0.3) is 5.56 Å². The second-order valence-corrected chi connectivity index (χ2v) is 9.72. The van der Waals surface area contributed by atoms with E-state index < -0.39 is 24.3 Å². The summed E-state index contributed by atoms with van der Waals surface area (Å²) in [6, 6.07) is 11.0. The zero-order valence-electron chi connectivity index (χ0n) is 21.4. The fourth-order valence-electron chi connectivity index (χ4n) is 4.58. The molecule has 1 saturated carbocycles. The fourth-order valence-corrected chi connectivity index (χ4v) is 4.58. The number of hydrogen-bond donors (Lipinski definition) is 1. The first kappa shape index (κ1) is 25.3. The SMILES string of the molecule is CC(C)Oc1cc(-c2nn(CC(=O)N(c3ccc4c(c3)OC(F)(F)O4)C3CC3)c(=O)c3nc[nH]c23)ccc1C#N. The summed E-state index contributed by atoms with van der Waals surface area (Å²) in [5, 5.41) is 14.0. The van der Waals surface area contributed by atoms with Crippen LogP contribution in [0.1, 0.15) is 32.3 Å². The van der Waals surface area contributed by atoms with Gasteiger partial charge in [0.2, 0.25) is 5.91 Å². The van der Waals surface area contributed by atoms with Crippen LogP contribution in [0, 0.1) is 11.3 Å². The Labute approximate surface area is 225 Å². The number of rotatable bonds is 7. The van der Waals surface area contributed by atoms with Crippen LogP contribution < -0.4 is 24.7 Å². The van der Waals surface area contributed by atoms with E-state index in [1.807, 2.05) is 13.8 Å². The van der Waals surface area contributed by atoms with Gasteiger partial charge < -0.3 is 24.1 Å². The number of carbonyl (C=O) groups is 1. The molecule has 1 fully saturated rings. The topological polar surface area (TPSA) is 135 Å². The minimum absolute atomic E-state index is 0.0803. The van der Waals surface area contributed by atoms with Crippen LogP contribution in [0.3, 0.4) is 0 Å². The van der Waals surface area contributed by atoms with Crippen molar-refractivity contribution >= 4 is 22.6 Å². The molecule has 0 radical (unpaired) electrons. The van der Waals surface area contributed by atoms with Gasteiger partial charge in [-0.25, -0.2) is 9.67 Å². The number of nitriles is 1. The maximum atomic E-state index is 13.6.